The van der Waals surface area contributed by atoms with Gasteiger partial charge in [-0.2, -0.15) is 0 Å². The molecular formula is C30H52O2. The summed E-state index contributed by atoms with van der Waals surface area (Å²) in [6, 6.07) is 0. The van der Waals surface area contributed by atoms with E-state index in [1.165, 1.54) is 51.4 Å². The number of fused-ring (bicyclic) bond motifs is 5. The van der Waals surface area contributed by atoms with E-state index in [-0.39, 0.29) is 6.10 Å². The molecule has 4 unspecified atom stereocenters. The fourth-order valence-electron chi connectivity index (χ4n) is 10.0. The van der Waals surface area contributed by atoms with Crippen molar-refractivity contribution in [2.75, 3.05) is 0 Å². The maximum Gasteiger partial charge on any atom is 0.0591 e. The highest BCUT2D eigenvalue weighted by molar-refractivity contribution is 5.11. The minimum Gasteiger partial charge on any atom is -0.393 e. The molecule has 0 bridgehead atoms. The first-order valence-electron chi connectivity index (χ1n) is 14.0. The van der Waals surface area contributed by atoms with Crippen molar-refractivity contribution in [3.05, 3.63) is 12.7 Å². The van der Waals surface area contributed by atoms with E-state index in [4.69, 9.17) is 0 Å². The Balaban J connectivity index is 1.47. The fraction of sp³-hybridized carbons (Fsp3) is 0.933. The first-order valence-corrected chi connectivity index (χ1v) is 14.0. The summed E-state index contributed by atoms with van der Waals surface area (Å²) >= 11 is 0. The van der Waals surface area contributed by atoms with Crippen molar-refractivity contribution >= 4 is 0 Å². The van der Waals surface area contributed by atoms with Crippen LogP contribution in [-0.4, -0.2) is 21.9 Å². The Labute approximate surface area is 198 Å². The lowest BCUT2D eigenvalue weighted by Crippen LogP contribution is -2.56. The van der Waals surface area contributed by atoms with Crippen molar-refractivity contribution in [3.8, 4) is 0 Å². The second-order valence-electron chi connectivity index (χ2n) is 13.8. The standard InChI is InChI=1S/C30H52O2/c1-7-9-22-25-12-11-21-24-14-13-23(20(2)10-8-17-28(3,4)32)29(24,5)18-15-26(21)30(25,6)19-16-27(22)31/h7,20-27,31-32H,1,8-19H2,2-6H3/t20-,21?,22+,23-,24?,25?,26?,27-,29-,30+/m1/s1. The van der Waals surface area contributed by atoms with E-state index < -0.39 is 5.60 Å². The lowest BCUT2D eigenvalue weighted by Gasteiger charge is -2.62. The third-order valence-electron chi connectivity index (χ3n) is 11.6. The minimum atomic E-state index is -0.523. The lowest BCUT2D eigenvalue weighted by atomic mass is 9.43. The van der Waals surface area contributed by atoms with Gasteiger partial charge >= 0.3 is 0 Å². The van der Waals surface area contributed by atoms with Crippen LogP contribution in [0.15, 0.2) is 12.7 Å². The normalized spacial score (nSPS) is 47.3. The summed E-state index contributed by atoms with van der Waals surface area (Å²) in [5.74, 6) is 5.44. The van der Waals surface area contributed by atoms with Gasteiger partial charge in [-0.15, -0.1) is 6.58 Å². The van der Waals surface area contributed by atoms with Crippen LogP contribution in [0, 0.1) is 52.3 Å². The molecule has 32 heavy (non-hydrogen) atoms. The average molecular weight is 445 g/mol. The Morgan fingerprint density at radius 3 is 2.31 bits per heavy atom. The molecule has 0 aromatic heterocycles. The number of hydrogen-bond donors (Lipinski definition) is 2. The molecule has 4 aliphatic carbocycles. The quantitative estimate of drug-likeness (QED) is 0.402. The molecule has 4 aliphatic rings. The van der Waals surface area contributed by atoms with Gasteiger partial charge in [-0.1, -0.05) is 39.7 Å². The zero-order chi connectivity index (χ0) is 23.3. The Morgan fingerprint density at radius 2 is 1.62 bits per heavy atom. The molecule has 184 valence electrons. The van der Waals surface area contributed by atoms with Gasteiger partial charge in [0, 0.05) is 0 Å². The van der Waals surface area contributed by atoms with Crippen LogP contribution in [0.2, 0.25) is 0 Å². The highest BCUT2D eigenvalue weighted by Crippen LogP contribution is 2.69. The molecule has 0 aromatic carbocycles. The molecule has 0 spiro atoms. The van der Waals surface area contributed by atoms with E-state index >= 15 is 0 Å². The van der Waals surface area contributed by atoms with Crippen LogP contribution in [0.5, 0.6) is 0 Å². The van der Waals surface area contributed by atoms with Gasteiger partial charge in [-0.25, -0.2) is 0 Å². The second kappa shape index (κ2) is 9.03. The van der Waals surface area contributed by atoms with Gasteiger partial charge in [0.25, 0.3) is 0 Å². The molecule has 2 nitrogen and oxygen atoms in total. The topological polar surface area (TPSA) is 40.5 Å². The fourth-order valence-corrected chi connectivity index (χ4v) is 10.0. The summed E-state index contributed by atoms with van der Waals surface area (Å²) in [6.45, 7) is 15.7. The Kier molecular flexibility index (Phi) is 6.99. The summed E-state index contributed by atoms with van der Waals surface area (Å²) in [5, 5.41) is 20.9. The average Bonchev–Trinajstić information content (AvgIpc) is 3.07. The second-order valence-corrected chi connectivity index (χ2v) is 13.8. The number of aliphatic hydroxyl groups excluding tert-OH is 1. The van der Waals surface area contributed by atoms with Gasteiger partial charge in [0.2, 0.25) is 0 Å². The third-order valence-corrected chi connectivity index (χ3v) is 11.6. The van der Waals surface area contributed by atoms with Gasteiger partial charge in [-0.05, 0) is 130 Å². The molecule has 0 saturated heterocycles. The zero-order valence-electron chi connectivity index (χ0n) is 21.8. The van der Waals surface area contributed by atoms with Crippen molar-refractivity contribution in [3.63, 3.8) is 0 Å². The Morgan fingerprint density at radius 1 is 0.969 bits per heavy atom. The number of allylic oxidation sites excluding steroid dienone is 1. The van der Waals surface area contributed by atoms with Crippen molar-refractivity contribution in [1.82, 2.24) is 0 Å². The monoisotopic (exact) mass is 444 g/mol. The van der Waals surface area contributed by atoms with Crippen LogP contribution in [0.1, 0.15) is 112 Å². The van der Waals surface area contributed by atoms with Crippen LogP contribution >= 0.6 is 0 Å². The summed E-state index contributed by atoms with van der Waals surface area (Å²) in [7, 11) is 0. The maximum absolute atomic E-state index is 10.8. The summed E-state index contributed by atoms with van der Waals surface area (Å²) in [5.41, 5.74) is 0.422. The molecule has 0 aliphatic heterocycles. The molecule has 0 amide bonds. The predicted molar refractivity (Wildman–Crippen MR) is 134 cm³/mol. The van der Waals surface area contributed by atoms with E-state index in [0.29, 0.717) is 22.7 Å². The van der Waals surface area contributed by atoms with Gasteiger partial charge in [-0.3, -0.25) is 0 Å². The molecule has 2 N–H and O–H groups in total. The lowest BCUT2D eigenvalue weighted by molar-refractivity contribution is -0.152. The van der Waals surface area contributed by atoms with E-state index in [2.05, 4.69) is 33.4 Å². The van der Waals surface area contributed by atoms with E-state index in [9.17, 15) is 10.2 Å². The molecule has 4 saturated carbocycles. The van der Waals surface area contributed by atoms with E-state index in [1.807, 2.05) is 13.8 Å². The number of hydrogen-bond acceptors (Lipinski definition) is 2. The smallest absolute Gasteiger partial charge is 0.0591 e. The molecule has 0 heterocycles. The third kappa shape index (κ3) is 4.26. The van der Waals surface area contributed by atoms with Crippen LogP contribution < -0.4 is 0 Å². The van der Waals surface area contributed by atoms with Crippen molar-refractivity contribution in [1.29, 1.82) is 0 Å². The highest BCUT2D eigenvalue weighted by Gasteiger charge is 2.61. The zero-order valence-corrected chi connectivity index (χ0v) is 21.8. The summed E-state index contributed by atoms with van der Waals surface area (Å²) < 4.78 is 0. The molecule has 2 heteroatoms. The van der Waals surface area contributed by atoms with Crippen LogP contribution in [-0.2, 0) is 0 Å². The molecule has 4 rings (SSSR count). The van der Waals surface area contributed by atoms with E-state index in [0.717, 1.165) is 55.3 Å². The van der Waals surface area contributed by atoms with Gasteiger partial charge in [0.1, 0.15) is 0 Å². The summed E-state index contributed by atoms with van der Waals surface area (Å²) in [6.07, 6.45) is 16.9. The number of rotatable bonds is 7. The minimum absolute atomic E-state index is 0.114. The van der Waals surface area contributed by atoms with Gasteiger partial charge in [0.15, 0.2) is 0 Å². The highest BCUT2D eigenvalue weighted by atomic mass is 16.3. The van der Waals surface area contributed by atoms with Crippen molar-refractivity contribution in [2.45, 2.75) is 123 Å². The van der Waals surface area contributed by atoms with Gasteiger partial charge in [0.05, 0.1) is 11.7 Å². The first kappa shape index (κ1) is 24.8. The molecule has 4 fully saturated rings. The SMILES string of the molecule is C=CC[C@H]1C2CCC3C(CC[C@@]4(C)C3CC[C@@H]4[C@H](C)CCCC(C)(C)O)[C@@]2(C)CC[C@H]1O. The Bertz CT molecular complexity index is 664. The van der Waals surface area contributed by atoms with Crippen LogP contribution in [0.4, 0.5) is 0 Å². The van der Waals surface area contributed by atoms with Crippen molar-refractivity contribution < 1.29 is 10.2 Å². The molecular weight excluding hydrogens is 392 g/mol. The largest absolute Gasteiger partial charge is 0.393 e. The Hall–Kier alpha value is -0.340. The van der Waals surface area contributed by atoms with E-state index in [1.54, 1.807) is 0 Å². The first-order chi connectivity index (χ1) is 15.0. The molecule has 10 atom stereocenters. The van der Waals surface area contributed by atoms with Crippen molar-refractivity contribution in [2.24, 2.45) is 52.3 Å². The van der Waals surface area contributed by atoms with Crippen LogP contribution in [0.3, 0.4) is 0 Å². The molecule has 0 radical (unpaired) electrons. The number of aliphatic hydroxyl groups is 2. The summed E-state index contributed by atoms with van der Waals surface area (Å²) in [4.78, 5) is 0. The van der Waals surface area contributed by atoms with Crippen LogP contribution in [0.25, 0.3) is 0 Å². The maximum atomic E-state index is 10.8. The van der Waals surface area contributed by atoms with Gasteiger partial charge < -0.3 is 10.2 Å². The molecule has 0 aromatic rings. The predicted octanol–water partition coefficient (Wildman–Crippen LogP) is 7.39.